The van der Waals surface area contributed by atoms with Gasteiger partial charge in [0.2, 0.25) is 12.2 Å². The number of benzene rings is 1. The first-order valence-electron chi connectivity index (χ1n) is 11.3. The second-order valence-corrected chi connectivity index (χ2v) is 8.86. The number of hydrogen-bond donors (Lipinski definition) is 1. The maximum absolute atomic E-state index is 13.1. The van der Waals surface area contributed by atoms with E-state index in [1.807, 2.05) is 23.1 Å². The molecule has 0 saturated carbocycles. The third-order valence-electron chi connectivity index (χ3n) is 5.40. The molecule has 1 saturated heterocycles. The standard InChI is InChI=1S/C15H14F3N3O2S.C10H10N2O/c1-23-13(22)11-6-9(8-24-11)10-7-12(21-4-2-3-5-21)20-14(19-10)15(16,17)18;11-7-10-3-1-9(2-4-10)5-6-12-8-13/h6-8H,2-5H2,1H3;1-4,8H,5-6H2,(H,12,13). The molecule has 1 aliphatic heterocycles. The average Bonchev–Trinajstić information content (AvgIpc) is 3.62. The first-order chi connectivity index (χ1) is 17.7. The van der Waals surface area contributed by atoms with Gasteiger partial charge in [-0.25, -0.2) is 14.8 Å². The van der Waals surface area contributed by atoms with Crippen molar-refractivity contribution in [2.75, 3.05) is 31.6 Å². The summed E-state index contributed by atoms with van der Waals surface area (Å²) in [4.78, 5) is 30.9. The van der Waals surface area contributed by atoms with Gasteiger partial charge in [-0.1, -0.05) is 12.1 Å². The number of halogens is 3. The molecule has 1 amide bonds. The highest BCUT2D eigenvalue weighted by Gasteiger charge is 2.36. The monoisotopic (exact) mass is 531 g/mol. The van der Waals surface area contributed by atoms with Crippen LogP contribution in [-0.2, 0) is 22.1 Å². The average molecular weight is 532 g/mol. The molecule has 0 radical (unpaired) electrons. The topological polar surface area (TPSA) is 108 Å². The van der Waals surface area contributed by atoms with Crippen LogP contribution in [0.1, 0.15) is 39.5 Å². The van der Waals surface area contributed by atoms with Crippen LogP contribution in [0.15, 0.2) is 41.8 Å². The number of nitriles is 1. The summed E-state index contributed by atoms with van der Waals surface area (Å²) in [5.41, 5.74) is 2.36. The summed E-state index contributed by atoms with van der Waals surface area (Å²) in [5.74, 6) is -1.44. The molecule has 194 valence electrons. The molecule has 1 aromatic carbocycles. The van der Waals surface area contributed by atoms with Crippen LogP contribution in [0.4, 0.5) is 19.0 Å². The van der Waals surface area contributed by atoms with Gasteiger partial charge in [0, 0.05) is 36.6 Å². The molecule has 3 heterocycles. The number of hydrogen-bond acceptors (Lipinski definition) is 8. The molecule has 0 bridgehead atoms. The lowest BCUT2D eigenvalue weighted by Gasteiger charge is -2.18. The van der Waals surface area contributed by atoms with Crippen molar-refractivity contribution in [1.82, 2.24) is 15.3 Å². The van der Waals surface area contributed by atoms with Gasteiger partial charge >= 0.3 is 12.1 Å². The molecule has 0 unspecified atom stereocenters. The van der Waals surface area contributed by atoms with Crippen molar-refractivity contribution in [1.29, 1.82) is 5.26 Å². The van der Waals surface area contributed by atoms with E-state index in [0.717, 1.165) is 36.2 Å². The van der Waals surface area contributed by atoms with Gasteiger partial charge in [-0.3, -0.25) is 4.79 Å². The molecule has 37 heavy (non-hydrogen) atoms. The van der Waals surface area contributed by atoms with Crippen LogP contribution in [0.2, 0.25) is 0 Å². The fraction of sp³-hybridized carbons (Fsp3) is 0.320. The highest BCUT2D eigenvalue weighted by Crippen LogP contribution is 2.33. The summed E-state index contributed by atoms with van der Waals surface area (Å²) in [6.07, 6.45) is -1.31. The smallest absolute Gasteiger partial charge is 0.451 e. The number of rotatable bonds is 7. The van der Waals surface area contributed by atoms with Gasteiger partial charge in [0.1, 0.15) is 10.7 Å². The van der Waals surface area contributed by atoms with E-state index in [1.165, 1.54) is 19.2 Å². The van der Waals surface area contributed by atoms with Crippen molar-refractivity contribution in [2.24, 2.45) is 0 Å². The number of ether oxygens (including phenoxy) is 1. The third-order valence-corrected chi connectivity index (χ3v) is 6.31. The molecule has 1 fully saturated rings. The molecule has 0 aliphatic carbocycles. The fourth-order valence-electron chi connectivity index (χ4n) is 3.52. The van der Waals surface area contributed by atoms with Gasteiger partial charge < -0.3 is 15.0 Å². The number of anilines is 1. The number of carbonyl (C=O) groups excluding carboxylic acids is 2. The van der Waals surface area contributed by atoms with Crippen LogP contribution in [0, 0.1) is 11.3 Å². The van der Waals surface area contributed by atoms with Crippen LogP contribution in [0.25, 0.3) is 11.3 Å². The van der Waals surface area contributed by atoms with Gasteiger partial charge in [-0.15, -0.1) is 11.3 Å². The number of methoxy groups -OCH3 is 1. The second kappa shape index (κ2) is 12.8. The Morgan fingerprint density at radius 2 is 1.92 bits per heavy atom. The minimum absolute atomic E-state index is 0.144. The Bertz CT molecular complexity index is 1250. The van der Waals surface area contributed by atoms with Crippen molar-refractivity contribution in [3.63, 3.8) is 0 Å². The van der Waals surface area contributed by atoms with E-state index >= 15 is 0 Å². The Hall–Kier alpha value is -3.98. The number of carbonyl (C=O) groups is 2. The minimum Gasteiger partial charge on any atom is -0.465 e. The summed E-state index contributed by atoms with van der Waals surface area (Å²) in [6.45, 7) is 1.98. The van der Waals surface area contributed by atoms with Gasteiger partial charge in [0.05, 0.1) is 24.4 Å². The van der Waals surface area contributed by atoms with Crippen LogP contribution >= 0.6 is 11.3 Å². The van der Waals surface area contributed by atoms with Crippen molar-refractivity contribution in [3.8, 4) is 17.3 Å². The zero-order valence-electron chi connectivity index (χ0n) is 19.9. The van der Waals surface area contributed by atoms with Crippen molar-refractivity contribution in [3.05, 3.63) is 63.6 Å². The van der Waals surface area contributed by atoms with Crippen LogP contribution in [0.3, 0.4) is 0 Å². The molecular weight excluding hydrogens is 507 g/mol. The lowest BCUT2D eigenvalue weighted by Crippen LogP contribution is -2.22. The Morgan fingerprint density at radius 1 is 1.22 bits per heavy atom. The Labute approximate surface area is 215 Å². The molecule has 2 aromatic heterocycles. The van der Waals surface area contributed by atoms with Gasteiger partial charge in [0.15, 0.2) is 0 Å². The minimum atomic E-state index is -4.63. The molecule has 1 aliphatic rings. The molecule has 1 N–H and O–H groups in total. The van der Waals surface area contributed by atoms with Gasteiger partial charge in [-0.2, -0.15) is 18.4 Å². The molecule has 4 rings (SSSR count). The van der Waals surface area contributed by atoms with Crippen molar-refractivity contribution in [2.45, 2.75) is 25.4 Å². The number of esters is 1. The second-order valence-electron chi connectivity index (χ2n) is 7.95. The number of nitrogens with zero attached hydrogens (tertiary/aromatic N) is 4. The van der Waals surface area contributed by atoms with Gasteiger partial charge in [-0.05, 0) is 43.0 Å². The fourth-order valence-corrected chi connectivity index (χ4v) is 4.33. The molecule has 12 heteroatoms. The third kappa shape index (κ3) is 7.75. The maximum atomic E-state index is 13.1. The van der Waals surface area contributed by atoms with Crippen LogP contribution in [-0.4, -0.2) is 49.1 Å². The lowest BCUT2D eigenvalue weighted by atomic mass is 10.1. The molecule has 3 aromatic rings. The van der Waals surface area contributed by atoms with E-state index in [9.17, 15) is 22.8 Å². The van der Waals surface area contributed by atoms with Crippen molar-refractivity contribution < 1.29 is 27.5 Å². The summed E-state index contributed by atoms with van der Waals surface area (Å²) in [6, 6.07) is 12.4. The van der Waals surface area contributed by atoms with Crippen molar-refractivity contribution >= 4 is 29.5 Å². The van der Waals surface area contributed by atoms with Crippen LogP contribution < -0.4 is 10.2 Å². The molecule has 0 atom stereocenters. The number of alkyl halides is 3. The molecular formula is C25H24F3N5O3S. The first kappa shape index (κ1) is 27.6. The molecule has 8 nitrogen and oxygen atoms in total. The first-order valence-corrected chi connectivity index (χ1v) is 12.2. The zero-order valence-corrected chi connectivity index (χ0v) is 20.7. The number of aromatic nitrogens is 2. The van der Waals surface area contributed by atoms with E-state index < -0.39 is 18.0 Å². The summed E-state index contributed by atoms with van der Waals surface area (Å²) in [5, 5.41) is 12.7. The Morgan fingerprint density at radius 3 is 2.51 bits per heavy atom. The van der Waals surface area contributed by atoms with E-state index in [1.54, 1.807) is 17.5 Å². The largest absolute Gasteiger partial charge is 0.465 e. The SMILES string of the molecule is COC(=O)c1cc(-c2cc(N3CCCC3)nc(C(F)(F)F)n2)cs1.N#Cc1ccc(CCNC=O)cc1. The number of nitrogens with one attached hydrogen (secondary N) is 1. The number of thiophene rings is 1. The van der Waals surface area contributed by atoms with E-state index in [-0.39, 0.29) is 11.5 Å². The number of amides is 1. The lowest BCUT2D eigenvalue weighted by molar-refractivity contribution is -0.144. The normalized spacial score (nSPS) is 12.8. The zero-order chi connectivity index (χ0) is 26.8. The van der Waals surface area contributed by atoms with E-state index in [4.69, 9.17) is 5.26 Å². The highest BCUT2D eigenvalue weighted by atomic mass is 32.1. The van der Waals surface area contributed by atoms with Crippen LogP contribution in [0.5, 0.6) is 0 Å². The molecule has 0 spiro atoms. The Kier molecular flexibility index (Phi) is 9.57. The maximum Gasteiger partial charge on any atom is 0.451 e. The summed E-state index contributed by atoms with van der Waals surface area (Å²) < 4.78 is 44.0. The summed E-state index contributed by atoms with van der Waals surface area (Å²) >= 11 is 1.10. The summed E-state index contributed by atoms with van der Waals surface area (Å²) in [7, 11) is 1.25. The van der Waals surface area contributed by atoms with Gasteiger partial charge in [0.25, 0.3) is 0 Å². The van der Waals surface area contributed by atoms with E-state index in [0.29, 0.717) is 42.0 Å². The predicted octanol–water partition coefficient (Wildman–Crippen LogP) is 4.46. The van der Waals surface area contributed by atoms with E-state index in [2.05, 4.69) is 20.0 Å². The Balaban J connectivity index is 0.000000248. The quantitative estimate of drug-likeness (QED) is 0.273. The highest BCUT2D eigenvalue weighted by molar-refractivity contribution is 7.12. The predicted molar refractivity (Wildman–Crippen MR) is 132 cm³/mol.